The first kappa shape index (κ1) is 12.0. The van der Waals surface area contributed by atoms with E-state index in [0.717, 1.165) is 12.1 Å². The molecule has 0 amide bonds. The molecule has 0 aliphatic heterocycles. The minimum Gasteiger partial charge on any atom is -0.381 e. The molecule has 0 aliphatic rings. The summed E-state index contributed by atoms with van der Waals surface area (Å²) in [6.07, 6.45) is 0.719. The van der Waals surface area contributed by atoms with Crippen molar-refractivity contribution in [3.63, 3.8) is 0 Å². The molecule has 0 atom stereocenters. The maximum atomic E-state index is 13.7. The van der Waals surface area contributed by atoms with Crippen molar-refractivity contribution in [1.82, 2.24) is 15.0 Å². The van der Waals surface area contributed by atoms with Crippen molar-refractivity contribution >= 4 is 21.7 Å². The topological polar surface area (TPSA) is 56.7 Å². The van der Waals surface area contributed by atoms with Gasteiger partial charge >= 0.3 is 0 Å². The van der Waals surface area contributed by atoms with E-state index in [-0.39, 0.29) is 5.82 Å². The molecule has 0 saturated carbocycles. The highest BCUT2D eigenvalue weighted by molar-refractivity contribution is 9.10. The highest BCUT2D eigenvalue weighted by Crippen LogP contribution is 2.17. The summed E-state index contributed by atoms with van der Waals surface area (Å²) in [4.78, 5) is 0. The van der Waals surface area contributed by atoms with Crippen LogP contribution in [0.3, 0.4) is 0 Å². The zero-order valence-corrected chi connectivity index (χ0v) is 10.9. The van der Waals surface area contributed by atoms with E-state index in [9.17, 15) is 4.39 Å². The van der Waals surface area contributed by atoms with E-state index in [1.54, 1.807) is 16.8 Å². The zero-order valence-electron chi connectivity index (χ0n) is 9.32. The summed E-state index contributed by atoms with van der Waals surface area (Å²) in [5.74, 6) is 0.139. The van der Waals surface area contributed by atoms with E-state index in [0.29, 0.717) is 22.4 Å². The lowest BCUT2D eigenvalue weighted by Gasteiger charge is -2.06. The van der Waals surface area contributed by atoms with Crippen LogP contribution >= 0.6 is 15.9 Å². The van der Waals surface area contributed by atoms with Gasteiger partial charge in [-0.2, -0.15) is 0 Å². The van der Waals surface area contributed by atoms with Gasteiger partial charge in [-0.3, -0.25) is 0 Å². The SMILES string of the molecule is CCc1c(N)nnn1Cc1ccc(Br)cc1F. The Morgan fingerprint density at radius 3 is 2.88 bits per heavy atom. The Hall–Kier alpha value is -1.43. The van der Waals surface area contributed by atoms with Crippen LogP contribution < -0.4 is 5.73 Å². The molecule has 0 fully saturated rings. The molecular formula is C11H12BrFN4. The molecule has 0 aliphatic carbocycles. The molecule has 1 aromatic carbocycles. The number of aromatic nitrogens is 3. The average molecular weight is 299 g/mol. The third kappa shape index (κ3) is 2.46. The molecule has 0 bridgehead atoms. The van der Waals surface area contributed by atoms with Crippen LogP contribution in [0.25, 0.3) is 0 Å². The molecule has 1 aromatic heterocycles. The summed E-state index contributed by atoms with van der Waals surface area (Å²) < 4.78 is 16.0. The molecule has 2 N–H and O–H groups in total. The summed E-state index contributed by atoms with van der Waals surface area (Å²) in [6.45, 7) is 2.30. The third-order valence-electron chi connectivity index (χ3n) is 2.54. The number of benzene rings is 1. The van der Waals surface area contributed by atoms with Crippen molar-refractivity contribution in [3.8, 4) is 0 Å². The van der Waals surface area contributed by atoms with Crippen LogP contribution in [0.4, 0.5) is 10.2 Å². The van der Waals surface area contributed by atoms with E-state index in [2.05, 4.69) is 26.2 Å². The van der Waals surface area contributed by atoms with Crippen molar-refractivity contribution in [3.05, 3.63) is 39.7 Å². The van der Waals surface area contributed by atoms with Gasteiger partial charge in [-0.25, -0.2) is 9.07 Å². The van der Waals surface area contributed by atoms with Crippen LogP contribution in [-0.4, -0.2) is 15.0 Å². The Bertz CT molecular complexity index is 538. The number of hydrogen-bond donors (Lipinski definition) is 1. The van der Waals surface area contributed by atoms with Gasteiger partial charge < -0.3 is 5.73 Å². The molecule has 1 heterocycles. The maximum Gasteiger partial charge on any atom is 0.169 e. The van der Waals surface area contributed by atoms with Crippen LogP contribution in [0.5, 0.6) is 0 Å². The van der Waals surface area contributed by atoms with Gasteiger partial charge in [0.1, 0.15) is 5.82 Å². The van der Waals surface area contributed by atoms with Crippen molar-refractivity contribution in [1.29, 1.82) is 0 Å². The van der Waals surface area contributed by atoms with Gasteiger partial charge in [0.05, 0.1) is 12.2 Å². The number of nitrogens with two attached hydrogens (primary N) is 1. The smallest absolute Gasteiger partial charge is 0.169 e. The summed E-state index contributed by atoms with van der Waals surface area (Å²) in [6, 6.07) is 4.95. The Morgan fingerprint density at radius 1 is 1.47 bits per heavy atom. The van der Waals surface area contributed by atoms with Gasteiger partial charge in [-0.05, 0) is 18.6 Å². The Kier molecular flexibility index (Phi) is 3.42. The number of hydrogen-bond acceptors (Lipinski definition) is 3. The van der Waals surface area contributed by atoms with Gasteiger partial charge in [-0.1, -0.05) is 34.1 Å². The predicted octanol–water partition coefficient (Wildman–Crippen LogP) is 2.37. The second-order valence-electron chi connectivity index (χ2n) is 3.67. The van der Waals surface area contributed by atoms with E-state index in [1.807, 2.05) is 6.92 Å². The molecule has 2 aromatic rings. The highest BCUT2D eigenvalue weighted by Gasteiger charge is 2.10. The lowest BCUT2D eigenvalue weighted by molar-refractivity contribution is 0.566. The third-order valence-corrected chi connectivity index (χ3v) is 3.03. The molecular weight excluding hydrogens is 287 g/mol. The van der Waals surface area contributed by atoms with Gasteiger partial charge in [0.2, 0.25) is 0 Å². The van der Waals surface area contributed by atoms with Crippen LogP contribution in [0.2, 0.25) is 0 Å². The number of halogens is 2. The summed E-state index contributed by atoms with van der Waals surface area (Å²) in [7, 11) is 0. The number of nitrogen functional groups attached to an aromatic ring is 1. The molecule has 0 radical (unpaired) electrons. The molecule has 2 rings (SSSR count). The standard InChI is InChI=1S/C11H12BrFN4/c1-2-10-11(14)15-16-17(10)6-7-3-4-8(12)5-9(7)13/h3-5H,2,6,14H2,1H3. The minimum absolute atomic E-state index is 0.268. The summed E-state index contributed by atoms with van der Waals surface area (Å²) in [5.41, 5.74) is 7.06. The fraction of sp³-hybridized carbons (Fsp3) is 0.273. The first-order valence-corrected chi connectivity index (χ1v) is 6.03. The van der Waals surface area contributed by atoms with Crippen molar-refractivity contribution in [2.45, 2.75) is 19.9 Å². The molecule has 0 saturated heterocycles. The van der Waals surface area contributed by atoms with Gasteiger partial charge in [0.25, 0.3) is 0 Å². The molecule has 0 spiro atoms. The highest BCUT2D eigenvalue weighted by atomic mass is 79.9. The summed E-state index contributed by atoms with van der Waals surface area (Å²) in [5, 5.41) is 7.70. The van der Waals surface area contributed by atoms with Crippen LogP contribution in [0.1, 0.15) is 18.2 Å². The second kappa shape index (κ2) is 4.83. The van der Waals surface area contributed by atoms with Gasteiger partial charge in [0, 0.05) is 10.0 Å². The van der Waals surface area contributed by atoms with Crippen LogP contribution in [0, 0.1) is 5.82 Å². The van der Waals surface area contributed by atoms with Crippen molar-refractivity contribution in [2.75, 3.05) is 5.73 Å². The number of rotatable bonds is 3. The van der Waals surface area contributed by atoms with Gasteiger partial charge in [-0.15, -0.1) is 5.10 Å². The number of nitrogens with zero attached hydrogens (tertiary/aromatic N) is 3. The van der Waals surface area contributed by atoms with E-state index in [4.69, 9.17) is 5.73 Å². The van der Waals surface area contributed by atoms with Crippen LogP contribution in [0.15, 0.2) is 22.7 Å². The van der Waals surface area contributed by atoms with Crippen molar-refractivity contribution < 1.29 is 4.39 Å². The largest absolute Gasteiger partial charge is 0.381 e. The van der Waals surface area contributed by atoms with Gasteiger partial charge in [0.15, 0.2) is 5.82 Å². The Balaban J connectivity index is 2.31. The van der Waals surface area contributed by atoms with E-state index < -0.39 is 0 Å². The molecule has 90 valence electrons. The molecule has 4 nitrogen and oxygen atoms in total. The van der Waals surface area contributed by atoms with Crippen molar-refractivity contribution in [2.24, 2.45) is 0 Å². The zero-order chi connectivity index (χ0) is 12.4. The maximum absolute atomic E-state index is 13.7. The van der Waals surface area contributed by atoms with E-state index in [1.165, 1.54) is 6.07 Å². The van der Waals surface area contributed by atoms with E-state index >= 15 is 0 Å². The fourth-order valence-electron chi connectivity index (χ4n) is 1.65. The monoisotopic (exact) mass is 298 g/mol. The second-order valence-corrected chi connectivity index (χ2v) is 4.58. The van der Waals surface area contributed by atoms with Crippen LogP contribution in [-0.2, 0) is 13.0 Å². The minimum atomic E-state index is -0.268. The Morgan fingerprint density at radius 2 is 2.24 bits per heavy atom. The normalized spacial score (nSPS) is 10.8. The average Bonchev–Trinajstić information content (AvgIpc) is 2.63. The molecule has 6 heteroatoms. The quantitative estimate of drug-likeness (QED) is 0.946. The Labute approximate surface area is 107 Å². The first-order valence-electron chi connectivity index (χ1n) is 5.23. The molecule has 17 heavy (non-hydrogen) atoms. The first-order chi connectivity index (χ1) is 8.11. The lowest BCUT2D eigenvalue weighted by Crippen LogP contribution is -2.08. The lowest BCUT2D eigenvalue weighted by atomic mass is 10.2. The fourth-order valence-corrected chi connectivity index (χ4v) is 1.98. The number of anilines is 1. The predicted molar refractivity (Wildman–Crippen MR) is 67.0 cm³/mol. The molecule has 0 unspecified atom stereocenters. The summed E-state index contributed by atoms with van der Waals surface area (Å²) >= 11 is 3.22.